The smallest absolute Gasteiger partial charge is 0.299 e. The molecular formula is C19H18N2O5. The number of benzene rings is 2. The molecule has 0 aliphatic heterocycles. The van der Waals surface area contributed by atoms with E-state index >= 15 is 0 Å². The van der Waals surface area contributed by atoms with Gasteiger partial charge in [0.05, 0.1) is 21.3 Å². The van der Waals surface area contributed by atoms with Crippen molar-refractivity contribution in [1.82, 2.24) is 4.98 Å². The van der Waals surface area contributed by atoms with Crippen molar-refractivity contribution in [3.63, 3.8) is 0 Å². The van der Waals surface area contributed by atoms with Crippen LogP contribution in [-0.4, -0.2) is 32.1 Å². The first-order chi connectivity index (χ1) is 12.7. The normalized spacial score (nSPS) is 10.3. The minimum atomic E-state index is -0.325. The topological polar surface area (TPSA) is 82.8 Å². The highest BCUT2D eigenvalue weighted by Gasteiger charge is 2.20. The molecule has 0 amide bonds. The number of hydrogen-bond donors (Lipinski definition) is 1. The predicted octanol–water partition coefficient (Wildman–Crippen LogP) is 3.68. The van der Waals surface area contributed by atoms with E-state index in [2.05, 4.69) is 10.3 Å². The number of para-hydroxylation sites is 1. The third-order valence-electron chi connectivity index (χ3n) is 3.69. The van der Waals surface area contributed by atoms with Gasteiger partial charge in [0.1, 0.15) is 6.26 Å². The highest BCUT2D eigenvalue weighted by Crippen LogP contribution is 2.38. The average Bonchev–Trinajstić information content (AvgIpc) is 3.15. The van der Waals surface area contributed by atoms with Gasteiger partial charge in [-0.2, -0.15) is 4.98 Å². The van der Waals surface area contributed by atoms with E-state index in [1.165, 1.54) is 27.6 Å². The molecule has 0 radical (unpaired) electrons. The van der Waals surface area contributed by atoms with Gasteiger partial charge >= 0.3 is 0 Å². The summed E-state index contributed by atoms with van der Waals surface area (Å²) in [5.74, 6) is 0.870. The van der Waals surface area contributed by atoms with Gasteiger partial charge in [-0.25, -0.2) is 0 Å². The predicted molar refractivity (Wildman–Crippen MR) is 95.8 cm³/mol. The van der Waals surface area contributed by atoms with Crippen LogP contribution in [0.3, 0.4) is 0 Å². The number of ketones is 1. The minimum Gasteiger partial charge on any atom is -0.493 e. The van der Waals surface area contributed by atoms with Crippen molar-refractivity contribution in [2.75, 3.05) is 26.6 Å². The molecule has 0 fully saturated rings. The maximum atomic E-state index is 12.7. The van der Waals surface area contributed by atoms with Crippen LogP contribution < -0.4 is 19.5 Å². The molecule has 3 aromatic rings. The van der Waals surface area contributed by atoms with E-state index in [4.69, 9.17) is 18.6 Å². The van der Waals surface area contributed by atoms with Crippen molar-refractivity contribution in [2.24, 2.45) is 0 Å². The number of anilines is 2. The van der Waals surface area contributed by atoms with Gasteiger partial charge in [-0.05, 0) is 24.3 Å². The van der Waals surface area contributed by atoms with E-state index < -0.39 is 0 Å². The van der Waals surface area contributed by atoms with Crippen molar-refractivity contribution >= 4 is 17.5 Å². The number of ether oxygens (including phenoxy) is 3. The fourth-order valence-corrected chi connectivity index (χ4v) is 2.44. The molecule has 3 rings (SSSR count). The van der Waals surface area contributed by atoms with Crippen LogP contribution in [0.1, 0.15) is 16.1 Å². The van der Waals surface area contributed by atoms with E-state index in [0.29, 0.717) is 22.8 Å². The number of methoxy groups -OCH3 is 3. The van der Waals surface area contributed by atoms with Crippen LogP contribution in [0.4, 0.5) is 11.7 Å². The van der Waals surface area contributed by atoms with Crippen LogP contribution in [0.25, 0.3) is 0 Å². The van der Waals surface area contributed by atoms with Crippen molar-refractivity contribution < 1.29 is 23.4 Å². The van der Waals surface area contributed by atoms with E-state index in [0.717, 1.165) is 5.69 Å². The summed E-state index contributed by atoms with van der Waals surface area (Å²) in [6.45, 7) is 0. The van der Waals surface area contributed by atoms with Crippen molar-refractivity contribution in [2.45, 2.75) is 0 Å². The van der Waals surface area contributed by atoms with Crippen LogP contribution >= 0.6 is 0 Å². The molecule has 0 atom stereocenters. The minimum absolute atomic E-state index is 0.165. The SMILES string of the molecule is COc1cc(C(=O)c2coc(Nc3ccccc3)n2)cc(OC)c1OC. The summed E-state index contributed by atoms with van der Waals surface area (Å²) in [7, 11) is 4.48. The molecule has 0 saturated carbocycles. The standard InChI is InChI=1S/C19H18N2O5/c1-23-15-9-12(10-16(24-2)18(15)25-3)17(22)14-11-26-19(21-14)20-13-7-5-4-6-8-13/h4-11H,1-3H3,(H,20,21). The maximum absolute atomic E-state index is 12.7. The summed E-state index contributed by atoms with van der Waals surface area (Å²) in [5, 5.41) is 2.99. The van der Waals surface area contributed by atoms with Gasteiger partial charge in [0, 0.05) is 11.3 Å². The molecule has 0 bridgehead atoms. The Morgan fingerprint density at radius 2 is 1.65 bits per heavy atom. The quantitative estimate of drug-likeness (QED) is 0.648. The Morgan fingerprint density at radius 1 is 1.00 bits per heavy atom. The Hall–Kier alpha value is -3.48. The van der Waals surface area contributed by atoms with Crippen LogP contribution in [0.2, 0.25) is 0 Å². The van der Waals surface area contributed by atoms with Gasteiger partial charge in [-0.1, -0.05) is 18.2 Å². The number of carbonyl (C=O) groups is 1. The third kappa shape index (κ3) is 3.46. The molecule has 0 saturated heterocycles. The summed E-state index contributed by atoms with van der Waals surface area (Å²) >= 11 is 0. The highest BCUT2D eigenvalue weighted by molar-refractivity contribution is 6.08. The molecule has 26 heavy (non-hydrogen) atoms. The van der Waals surface area contributed by atoms with Crippen LogP contribution in [0.15, 0.2) is 53.1 Å². The monoisotopic (exact) mass is 354 g/mol. The summed E-state index contributed by atoms with van der Waals surface area (Å²) < 4.78 is 21.2. The number of nitrogens with zero attached hydrogens (tertiary/aromatic N) is 1. The third-order valence-corrected chi connectivity index (χ3v) is 3.69. The second-order valence-corrected chi connectivity index (χ2v) is 5.27. The zero-order chi connectivity index (χ0) is 18.5. The average molecular weight is 354 g/mol. The summed E-state index contributed by atoms with van der Waals surface area (Å²) in [5.41, 5.74) is 1.32. The zero-order valence-electron chi connectivity index (χ0n) is 14.6. The molecular weight excluding hydrogens is 336 g/mol. The highest BCUT2D eigenvalue weighted by atomic mass is 16.5. The number of oxazole rings is 1. The Kier molecular flexibility index (Phi) is 5.07. The second-order valence-electron chi connectivity index (χ2n) is 5.27. The van der Waals surface area contributed by atoms with Crippen molar-refractivity contribution in [3.05, 3.63) is 60.0 Å². The molecule has 2 aromatic carbocycles. The molecule has 134 valence electrons. The number of hydrogen-bond acceptors (Lipinski definition) is 7. The molecule has 7 nitrogen and oxygen atoms in total. The van der Waals surface area contributed by atoms with Crippen LogP contribution in [-0.2, 0) is 0 Å². The fourth-order valence-electron chi connectivity index (χ4n) is 2.44. The lowest BCUT2D eigenvalue weighted by molar-refractivity contribution is 0.103. The largest absolute Gasteiger partial charge is 0.493 e. The molecule has 0 aliphatic carbocycles. The van der Waals surface area contributed by atoms with E-state index in [9.17, 15) is 4.79 Å². The summed E-state index contributed by atoms with van der Waals surface area (Å²) in [4.78, 5) is 16.9. The lowest BCUT2D eigenvalue weighted by atomic mass is 10.1. The van der Waals surface area contributed by atoms with Gasteiger partial charge in [-0.15, -0.1) is 0 Å². The Bertz CT molecular complexity index is 880. The molecule has 1 heterocycles. The first-order valence-corrected chi connectivity index (χ1v) is 7.78. The first-order valence-electron chi connectivity index (χ1n) is 7.78. The van der Waals surface area contributed by atoms with E-state index in [1.54, 1.807) is 12.1 Å². The number of carbonyl (C=O) groups excluding carboxylic acids is 1. The van der Waals surface area contributed by atoms with Crippen molar-refractivity contribution in [1.29, 1.82) is 0 Å². The molecule has 0 unspecified atom stereocenters. The first kappa shape index (κ1) is 17.3. The van der Waals surface area contributed by atoms with Gasteiger partial charge in [0.2, 0.25) is 11.5 Å². The number of rotatable bonds is 7. The van der Waals surface area contributed by atoms with Gasteiger partial charge in [-0.3, -0.25) is 4.79 Å². The second kappa shape index (κ2) is 7.60. The van der Waals surface area contributed by atoms with E-state index in [1.807, 2.05) is 30.3 Å². The summed E-state index contributed by atoms with van der Waals surface area (Å²) in [6, 6.07) is 12.8. The van der Waals surface area contributed by atoms with Gasteiger partial charge in [0.15, 0.2) is 17.2 Å². The van der Waals surface area contributed by atoms with Crippen molar-refractivity contribution in [3.8, 4) is 17.2 Å². The van der Waals surface area contributed by atoms with Crippen LogP contribution in [0.5, 0.6) is 17.2 Å². The maximum Gasteiger partial charge on any atom is 0.299 e. The summed E-state index contributed by atoms with van der Waals surface area (Å²) in [6.07, 6.45) is 1.30. The number of aromatic nitrogens is 1. The Balaban J connectivity index is 1.88. The molecule has 0 aliphatic rings. The Morgan fingerprint density at radius 3 is 2.23 bits per heavy atom. The number of nitrogens with one attached hydrogen (secondary N) is 1. The molecule has 0 spiro atoms. The Labute approximate surface area is 150 Å². The molecule has 1 aromatic heterocycles. The lowest BCUT2D eigenvalue weighted by Crippen LogP contribution is -2.04. The molecule has 1 N–H and O–H groups in total. The van der Waals surface area contributed by atoms with Gasteiger partial charge in [0.25, 0.3) is 6.01 Å². The zero-order valence-corrected chi connectivity index (χ0v) is 14.6. The molecule has 7 heteroatoms. The van der Waals surface area contributed by atoms with Gasteiger partial charge < -0.3 is 23.9 Å². The fraction of sp³-hybridized carbons (Fsp3) is 0.158. The van der Waals surface area contributed by atoms with Crippen LogP contribution in [0, 0.1) is 0 Å². The van der Waals surface area contributed by atoms with E-state index in [-0.39, 0.29) is 17.5 Å². The lowest BCUT2D eigenvalue weighted by Gasteiger charge is -2.13.